The summed E-state index contributed by atoms with van der Waals surface area (Å²) in [7, 11) is 0. The summed E-state index contributed by atoms with van der Waals surface area (Å²) < 4.78 is 40.2. The summed E-state index contributed by atoms with van der Waals surface area (Å²) >= 11 is 0. The Morgan fingerprint density at radius 2 is 1.85 bits per heavy atom. The maximum absolute atomic E-state index is 12.1. The molecule has 2 aliphatic rings. The fourth-order valence-electron chi connectivity index (χ4n) is 2.69. The van der Waals surface area contributed by atoms with Gasteiger partial charge in [0.25, 0.3) is 0 Å². The van der Waals surface area contributed by atoms with Crippen molar-refractivity contribution < 1.29 is 17.9 Å². The Balaban J connectivity index is 1.64. The van der Waals surface area contributed by atoms with Gasteiger partial charge in [-0.3, -0.25) is 0 Å². The molecular formula is C14H17F3N2O. The highest BCUT2D eigenvalue weighted by molar-refractivity contribution is 5.49. The molecule has 0 spiro atoms. The summed E-state index contributed by atoms with van der Waals surface area (Å²) in [6, 6.07) is 6.63. The minimum Gasteiger partial charge on any atom is -0.406 e. The Morgan fingerprint density at radius 1 is 1.15 bits per heavy atom. The second-order valence-electron chi connectivity index (χ2n) is 5.39. The van der Waals surface area contributed by atoms with Gasteiger partial charge < -0.3 is 15.0 Å². The van der Waals surface area contributed by atoms with Crippen LogP contribution in [0.15, 0.2) is 24.3 Å². The van der Waals surface area contributed by atoms with Crippen molar-refractivity contribution in [2.45, 2.75) is 25.2 Å². The van der Waals surface area contributed by atoms with Gasteiger partial charge >= 0.3 is 6.36 Å². The number of hydrogen-bond acceptors (Lipinski definition) is 3. The van der Waals surface area contributed by atoms with Crippen LogP contribution in [0.3, 0.4) is 0 Å². The molecule has 1 saturated carbocycles. The van der Waals surface area contributed by atoms with Crippen LogP contribution in [0.2, 0.25) is 0 Å². The number of benzene rings is 1. The monoisotopic (exact) mass is 286 g/mol. The number of piperazine rings is 1. The summed E-state index contributed by atoms with van der Waals surface area (Å²) in [5.41, 5.74) is 0.951. The molecule has 1 unspecified atom stereocenters. The van der Waals surface area contributed by atoms with Crippen LogP contribution in [0.5, 0.6) is 5.75 Å². The van der Waals surface area contributed by atoms with Crippen molar-refractivity contribution in [1.29, 1.82) is 0 Å². The number of nitrogens with one attached hydrogen (secondary N) is 1. The Bertz CT molecular complexity index is 456. The van der Waals surface area contributed by atoms with E-state index in [-0.39, 0.29) is 5.75 Å². The van der Waals surface area contributed by atoms with Gasteiger partial charge in [0.15, 0.2) is 0 Å². The molecule has 1 atom stereocenters. The van der Waals surface area contributed by atoms with Crippen LogP contribution >= 0.6 is 0 Å². The lowest BCUT2D eigenvalue weighted by Crippen LogP contribution is -2.51. The maximum atomic E-state index is 12.1. The van der Waals surface area contributed by atoms with Gasteiger partial charge in [0.2, 0.25) is 0 Å². The highest BCUT2D eigenvalue weighted by Gasteiger charge is 2.34. The zero-order valence-electron chi connectivity index (χ0n) is 11.0. The number of anilines is 1. The first-order valence-electron chi connectivity index (χ1n) is 6.85. The number of nitrogens with zero attached hydrogens (tertiary/aromatic N) is 1. The molecule has 110 valence electrons. The van der Waals surface area contributed by atoms with Crippen molar-refractivity contribution in [3.63, 3.8) is 0 Å². The Labute approximate surface area is 115 Å². The van der Waals surface area contributed by atoms with E-state index in [9.17, 15) is 13.2 Å². The molecule has 20 heavy (non-hydrogen) atoms. The van der Waals surface area contributed by atoms with Crippen molar-refractivity contribution in [3.05, 3.63) is 24.3 Å². The van der Waals surface area contributed by atoms with Crippen LogP contribution < -0.4 is 15.0 Å². The van der Waals surface area contributed by atoms with E-state index in [1.54, 1.807) is 12.1 Å². The van der Waals surface area contributed by atoms with Crippen molar-refractivity contribution in [1.82, 2.24) is 5.32 Å². The summed E-state index contributed by atoms with van der Waals surface area (Å²) in [5, 5.41) is 3.51. The normalized spacial score (nSPS) is 23.8. The third-order valence-corrected chi connectivity index (χ3v) is 3.83. The third kappa shape index (κ3) is 3.36. The van der Waals surface area contributed by atoms with E-state index in [2.05, 4.69) is 15.0 Å². The summed E-state index contributed by atoms with van der Waals surface area (Å²) in [4.78, 5) is 2.22. The first kappa shape index (κ1) is 13.5. The van der Waals surface area contributed by atoms with E-state index in [4.69, 9.17) is 0 Å². The zero-order chi connectivity index (χ0) is 14.2. The molecule has 3 nitrogen and oxygen atoms in total. The van der Waals surface area contributed by atoms with E-state index < -0.39 is 6.36 Å². The molecule has 1 N–H and O–H groups in total. The molecule has 1 aliphatic heterocycles. The van der Waals surface area contributed by atoms with Gasteiger partial charge in [-0.25, -0.2) is 0 Å². The molecule has 0 aromatic heterocycles. The highest BCUT2D eigenvalue weighted by atomic mass is 19.4. The molecule has 0 amide bonds. The van der Waals surface area contributed by atoms with E-state index in [1.165, 1.54) is 25.0 Å². The number of alkyl halides is 3. The van der Waals surface area contributed by atoms with Crippen LogP contribution in [0.1, 0.15) is 12.8 Å². The van der Waals surface area contributed by atoms with E-state index in [1.807, 2.05) is 0 Å². The molecule has 1 aliphatic carbocycles. The molecular weight excluding hydrogens is 269 g/mol. The van der Waals surface area contributed by atoms with Gasteiger partial charge in [-0.1, -0.05) is 0 Å². The molecule has 1 heterocycles. The fraction of sp³-hybridized carbons (Fsp3) is 0.571. The minimum atomic E-state index is -4.63. The molecule has 0 radical (unpaired) electrons. The standard InChI is InChI=1S/C14H17F3N2O/c15-14(16,17)20-12-5-3-11(4-6-12)19-8-7-18-13(9-19)10-1-2-10/h3-6,10,13,18H,1-2,7-9H2. The second kappa shape index (κ2) is 5.16. The zero-order valence-corrected chi connectivity index (χ0v) is 11.0. The Kier molecular flexibility index (Phi) is 3.50. The van der Waals surface area contributed by atoms with Gasteiger partial charge in [-0.15, -0.1) is 13.2 Å². The van der Waals surface area contributed by atoms with E-state index in [0.29, 0.717) is 6.04 Å². The lowest BCUT2D eigenvalue weighted by molar-refractivity contribution is -0.274. The third-order valence-electron chi connectivity index (χ3n) is 3.83. The SMILES string of the molecule is FC(F)(F)Oc1ccc(N2CCNC(C3CC3)C2)cc1. The molecule has 2 fully saturated rings. The predicted octanol–water partition coefficient (Wildman–Crippen LogP) is 2.77. The van der Waals surface area contributed by atoms with E-state index >= 15 is 0 Å². The molecule has 0 bridgehead atoms. The number of ether oxygens (including phenoxy) is 1. The smallest absolute Gasteiger partial charge is 0.406 e. The lowest BCUT2D eigenvalue weighted by atomic mass is 10.1. The van der Waals surface area contributed by atoms with Crippen LogP contribution in [0.25, 0.3) is 0 Å². The lowest BCUT2D eigenvalue weighted by Gasteiger charge is -2.35. The molecule has 3 rings (SSSR count). The summed E-state index contributed by atoms with van der Waals surface area (Å²) in [6.07, 6.45) is -2.07. The first-order valence-corrected chi connectivity index (χ1v) is 6.85. The average molecular weight is 286 g/mol. The fourth-order valence-corrected chi connectivity index (χ4v) is 2.69. The maximum Gasteiger partial charge on any atom is 0.573 e. The van der Waals surface area contributed by atoms with Gasteiger partial charge in [-0.2, -0.15) is 0 Å². The van der Waals surface area contributed by atoms with Crippen molar-refractivity contribution >= 4 is 5.69 Å². The van der Waals surface area contributed by atoms with Crippen LogP contribution in [0, 0.1) is 5.92 Å². The average Bonchev–Trinajstić information content (AvgIpc) is 3.22. The molecule has 1 aromatic carbocycles. The van der Waals surface area contributed by atoms with Crippen LogP contribution in [0.4, 0.5) is 18.9 Å². The van der Waals surface area contributed by atoms with Crippen molar-refractivity contribution in [2.24, 2.45) is 5.92 Å². The van der Waals surface area contributed by atoms with Gasteiger partial charge in [0.1, 0.15) is 5.75 Å². The molecule has 6 heteroatoms. The largest absolute Gasteiger partial charge is 0.573 e. The predicted molar refractivity (Wildman–Crippen MR) is 69.9 cm³/mol. The van der Waals surface area contributed by atoms with Crippen molar-refractivity contribution in [2.75, 3.05) is 24.5 Å². The Morgan fingerprint density at radius 3 is 2.45 bits per heavy atom. The van der Waals surface area contributed by atoms with Crippen molar-refractivity contribution in [3.8, 4) is 5.75 Å². The molecule has 1 saturated heterocycles. The van der Waals surface area contributed by atoms with Gasteiger partial charge in [-0.05, 0) is 43.0 Å². The quantitative estimate of drug-likeness (QED) is 0.924. The Hall–Kier alpha value is -1.43. The van der Waals surface area contributed by atoms with Gasteiger partial charge in [0, 0.05) is 31.4 Å². The first-order chi connectivity index (χ1) is 9.51. The highest BCUT2D eigenvalue weighted by Crippen LogP contribution is 2.34. The number of halogens is 3. The topological polar surface area (TPSA) is 24.5 Å². The number of hydrogen-bond donors (Lipinski definition) is 1. The minimum absolute atomic E-state index is 0.171. The van der Waals surface area contributed by atoms with Crippen LogP contribution in [-0.2, 0) is 0 Å². The number of rotatable bonds is 3. The van der Waals surface area contributed by atoms with Crippen LogP contribution in [-0.4, -0.2) is 32.0 Å². The second-order valence-corrected chi connectivity index (χ2v) is 5.39. The van der Waals surface area contributed by atoms with E-state index in [0.717, 1.165) is 31.2 Å². The summed E-state index contributed by atoms with van der Waals surface area (Å²) in [5.74, 6) is 0.598. The summed E-state index contributed by atoms with van der Waals surface area (Å²) in [6.45, 7) is 2.72. The molecule has 1 aromatic rings. The van der Waals surface area contributed by atoms with Gasteiger partial charge in [0.05, 0.1) is 0 Å².